The van der Waals surface area contributed by atoms with Crippen molar-refractivity contribution in [1.82, 2.24) is 4.98 Å². The van der Waals surface area contributed by atoms with Crippen molar-refractivity contribution in [1.29, 1.82) is 5.26 Å². The number of pyridine rings is 1. The Morgan fingerprint density at radius 3 is 2.86 bits per heavy atom. The summed E-state index contributed by atoms with van der Waals surface area (Å²) < 4.78 is 6.92. The van der Waals surface area contributed by atoms with E-state index in [0.29, 0.717) is 12.2 Å². The largest absolute Gasteiger partial charge is 0.370 e. The highest BCUT2D eigenvalue weighted by molar-refractivity contribution is 9.10. The van der Waals surface area contributed by atoms with Crippen LogP contribution in [0.5, 0.6) is 0 Å². The molecule has 0 unspecified atom stereocenters. The maximum absolute atomic E-state index is 8.99. The molecule has 1 fully saturated rings. The summed E-state index contributed by atoms with van der Waals surface area (Å²) in [7, 11) is 0. The molecule has 0 bridgehead atoms. The molecule has 0 amide bonds. The molecule has 1 aromatic heterocycles. The van der Waals surface area contributed by atoms with Crippen molar-refractivity contribution < 1.29 is 4.74 Å². The second-order valence-corrected chi connectivity index (χ2v) is 5.79. The number of morpholine rings is 1. The summed E-state index contributed by atoms with van der Waals surface area (Å²) in [6.07, 6.45) is 1.71. The lowest BCUT2D eigenvalue weighted by Crippen LogP contribution is -2.38. The molecule has 1 aliphatic heterocycles. The zero-order valence-corrected chi connectivity index (χ0v) is 13.0. The fourth-order valence-electron chi connectivity index (χ4n) is 2.40. The normalized spacial score (nSPS) is 18.3. The van der Waals surface area contributed by atoms with Crippen molar-refractivity contribution in [3.8, 4) is 6.07 Å². The van der Waals surface area contributed by atoms with E-state index in [-0.39, 0.29) is 6.10 Å². The van der Waals surface area contributed by atoms with Crippen molar-refractivity contribution in [3.63, 3.8) is 0 Å². The van der Waals surface area contributed by atoms with Gasteiger partial charge in [-0.2, -0.15) is 5.26 Å². The van der Waals surface area contributed by atoms with E-state index in [2.05, 4.69) is 44.0 Å². The number of ether oxygens (including phenoxy) is 1. The van der Waals surface area contributed by atoms with Gasteiger partial charge in [0.2, 0.25) is 0 Å². The molecule has 0 spiro atoms. The third-order valence-corrected chi connectivity index (χ3v) is 4.04. The molecule has 2 aromatic rings. The third kappa shape index (κ3) is 3.23. The summed E-state index contributed by atoms with van der Waals surface area (Å²) in [5, 5.41) is 8.99. The van der Waals surface area contributed by atoms with E-state index >= 15 is 0 Å². The molecule has 1 aromatic carbocycles. The zero-order valence-electron chi connectivity index (χ0n) is 11.4. The monoisotopic (exact) mass is 343 g/mol. The predicted octanol–water partition coefficient (Wildman–Crippen LogP) is 3.29. The first-order valence-corrected chi connectivity index (χ1v) is 7.54. The Morgan fingerprint density at radius 1 is 1.29 bits per heavy atom. The maximum atomic E-state index is 8.99. The van der Waals surface area contributed by atoms with E-state index in [0.717, 1.165) is 28.9 Å². The quantitative estimate of drug-likeness (QED) is 0.839. The molecule has 5 heteroatoms. The Labute approximate surface area is 132 Å². The van der Waals surface area contributed by atoms with Crippen LogP contribution in [0.2, 0.25) is 0 Å². The molecule has 0 radical (unpaired) electrons. The number of anilines is 1. The van der Waals surface area contributed by atoms with Crippen LogP contribution in [0.4, 0.5) is 5.82 Å². The lowest BCUT2D eigenvalue weighted by molar-refractivity contribution is 0.0395. The smallest absolute Gasteiger partial charge is 0.129 e. The summed E-state index contributed by atoms with van der Waals surface area (Å²) in [5.41, 5.74) is 1.78. The van der Waals surface area contributed by atoms with Crippen LogP contribution >= 0.6 is 15.9 Å². The Morgan fingerprint density at radius 2 is 2.10 bits per heavy atom. The molecular weight excluding hydrogens is 330 g/mol. The Bertz CT molecular complexity index is 666. The van der Waals surface area contributed by atoms with Crippen LogP contribution in [0.1, 0.15) is 17.2 Å². The van der Waals surface area contributed by atoms with Crippen molar-refractivity contribution in [3.05, 3.63) is 58.2 Å². The van der Waals surface area contributed by atoms with Crippen molar-refractivity contribution in [2.45, 2.75) is 6.10 Å². The number of hydrogen-bond donors (Lipinski definition) is 0. The van der Waals surface area contributed by atoms with Crippen LogP contribution in [0.25, 0.3) is 0 Å². The van der Waals surface area contributed by atoms with Gasteiger partial charge >= 0.3 is 0 Å². The van der Waals surface area contributed by atoms with E-state index in [1.54, 1.807) is 12.3 Å². The minimum absolute atomic E-state index is 0.0272. The Kier molecular flexibility index (Phi) is 4.18. The van der Waals surface area contributed by atoms with E-state index in [9.17, 15) is 0 Å². The Balaban J connectivity index is 1.79. The molecule has 2 heterocycles. The van der Waals surface area contributed by atoms with Crippen LogP contribution in [-0.4, -0.2) is 24.7 Å². The van der Waals surface area contributed by atoms with Gasteiger partial charge in [0.05, 0.1) is 18.2 Å². The fourth-order valence-corrected chi connectivity index (χ4v) is 2.66. The molecule has 1 aliphatic rings. The van der Waals surface area contributed by atoms with Crippen molar-refractivity contribution in [2.24, 2.45) is 0 Å². The number of nitrogens with zero attached hydrogens (tertiary/aromatic N) is 3. The van der Waals surface area contributed by atoms with Gasteiger partial charge in [-0.3, -0.25) is 0 Å². The van der Waals surface area contributed by atoms with Gasteiger partial charge in [0.25, 0.3) is 0 Å². The molecule has 4 nitrogen and oxygen atoms in total. The maximum Gasteiger partial charge on any atom is 0.129 e. The summed E-state index contributed by atoms with van der Waals surface area (Å²) in [6.45, 7) is 2.18. The number of hydrogen-bond acceptors (Lipinski definition) is 4. The van der Waals surface area contributed by atoms with Gasteiger partial charge in [-0.15, -0.1) is 0 Å². The molecule has 1 atom stereocenters. The topological polar surface area (TPSA) is 49.2 Å². The summed E-state index contributed by atoms with van der Waals surface area (Å²) in [6, 6.07) is 13.9. The van der Waals surface area contributed by atoms with Gasteiger partial charge in [-0.05, 0) is 29.8 Å². The summed E-state index contributed by atoms with van der Waals surface area (Å²) >= 11 is 3.44. The first-order chi connectivity index (χ1) is 10.3. The van der Waals surface area contributed by atoms with Crippen LogP contribution in [0.3, 0.4) is 0 Å². The standard InChI is InChI=1S/C16H14BrN3O/c17-14-3-1-13(2-4-14)15-11-20(7-8-21-15)16-9-12(10-18)5-6-19-16/h1-6,9,15H,7-8,11H2/t15-/m0/s1. The van der Waals surface area contributed by atoms with Crippen molar-refractivity contribution in [2.75, 3.05) is 24.6 Å². The minimum Gasteiger partial charge on any atom is -0.370 e. The second-order valence-electron chi connectivity index (χ2n) is 4.87. The number of benzene rings is 1. The average molecular weight is 344 g/mol. The van der Waals surface area contributed by atoms with Gasteiger partial charge in [0, 0.05) is 23.8 Å². The third-order valence-electron chi connectivity index (χ3n) is 3.51. The molecule has 1 saturated heterocycles. The minimum atomic E-state index is 0.0272. The lowest BCUT2D eigenvalue weighted by atomic mass is 10.1. The van der Waals surface area contributed by atoms with Gasteiger partial charge in [-0.25, -0.2) is 4.98 Å². The van der Waals surface area contributed by atoms with E-state index in [1.807, 2.05) is 18.2 Å². The molecule has 0 aliphatic carbocycles. The molecular formula is C16H14BrN3O. The molecule has 0 N–H and O–H groups in total. The highest BCUT2D eigenvalue weighted by atomic mass is 79.9. The SMILES string of the molecule is N#Cc1ccnc(N2CCO[C@H](c3ccc(Br)cc3)C2)c1. The van der Waals surface area contributed by atoms with Gasteiger partial charge in [0.1, 0.15) is 11.9 Å². The number of aromatic nitrogens is 1. The fraction of sp³-hybridized carbons (Fsp3) is 0.250. The first kappa shape index (κ1) is 14.1. The Hall–Kier alpha value is -1.90. The van der Waals surface area contributed by atoms with Crippen LogP contribution in [-0.2, 0) is 4.74 Å². The van der Waals surface area contributed by atoms with E-state index < -0.39 is 0 Å². The number of nitriles is 1. The van der Waals surface area contributed by atoms with Crippen LogP contribution < -0.4 is 4.90 Å². The first-order valence-electron chi connectivity index (χ1n) is 6.74. The summed E-state index contributed by atoms with van der Waals surface area (Å²) in [5.74, 6) is 0.833. The van der Waals surface area contributed by atoms with Gasteiger partial charge in [0.15, 0.2) is 0 Å². The average Bonchev–Trinajstić information content (AvgIpc) is 2.56. The second kappa shape index (κ2) is 6.25. The highest BCUT2D eigenvalue weighted by Gasteiger charge is 2.23. The van der Waals surface area contributed by atoms with Crippen LogP contribution in [0, 0.1) is 11.3 Å². The lowest BCUT2D eigenvalue weighted by Gasteiger charge is -2.34. The predicted molar refractivity (Wildman–Crippen MR) is 84.0 cm³/mol. The van der Waals surface area contributed by atoms with Gasteiger partial charge in [-0.1, -0.05) is 28.1 Å². The molecule has 0 saturated carbocycles. The molecule has 106 valence electrons. The van der Waals surface area contributed by atoms with Crippen LogP contribution in [0.15, 0.2) is 47.1 Å². The molecule has 3 rings (SSSR count). The van der Waals surface area contributed by atoms with Crippen molar-refractivity contribution >= 4 is 21.7 Å². The zero-order chi connectivity index (χ0) is 14.7. The van der Waals surface area contributed by atoms with Gasteiger partial charge < -0.3 is 9.64 Å². The molecule has 21 heavy (non-hydrogen) atoms. The highest BCUT2D eigenvalue weighted by Crippen LogP contribution is 2.26. The number of rotatable bonds is 2. The van der Waals surface area contributed by atoms with E-state index in [4.69, 9.17) is 10.00 Å². The summed E-state index contributed by atoms with van der Waals surface area (Å²) in [4.78, 5) is 6.53. The van der Waals surface area contributed by atoms with E-state index in [1.165, 1.54) is 0 Å². The number of halogens is 1.